The van der Waals surface area contributed by atoms with Crippen LogP contribution >= 0.6 is 0 Å². The summed E-state index contributed by atoms with van der Waals surface area (Å²) < 4.78 is 10.4. The van der Waals surface area contributed by atoms with Crippen molar-refractivity contribution < 1.29 is 19.1 Å². The van der Waals surface area contributed by atoms with Crippen LogP contribution in [0.1, 0.15) is 118 Å². The average Bonchev–Trinajstić information content (AvgIpc) is 2.87. The van der Waals surface area contributed by atoms with Crippen molar-refractivity contribution in [3.05, 3.63) is 66.8 Å². The molecule has 0 saturated heterocycles. The fraction of sp³-hybridized carbons (Fsp3) is 0.533. The zero-order valence-electron chi connectivity index (χ0n) is 22.3. The molecule has 0 amide bonds. The zero-order chi connectivity index (χ0) is 25.2. The SMILES string of the molecule is CCc1c(CC)c(CC)c2c(c1CC)Cc1c(c(CC)c(C(=O)OC)c(C(=O)OC)c1CC)C2. The predicted molar refractivity (Wildman–Crippen MR) is 137 cm³/mol. The number of carbonyl (C=O) groups excluding carboxylic acids is 2. The molecule has 2 aromatic rings. The van der Waals surface area contributed by atoms with Crippen LogP contribution in [0.4, 0.5) is 0 Å². The lowest BCUT2D eigenvalue weighted by molar-refractivity contribution is 0.0553. The molecule has 0 aromatic heterocycles. The first-order chi connectivity index (χ1) is 16.4. The van der Waals surface area contributed by atoms with Crippen LogP contribution in [0.5, 0.6) is 0 Å². The zero-order valence-corrected chi connectivity index (χ0v) is 22.3. The summed E-state index contributed by atoms with van der Waals surface area (Å²) in [5.41, 5.74) is 13.9. The van der Waals surface area contributed by atoms with Crippen LogP contribution in [0.15, 0.2) is 0 Å². The minimum absolute atomic E-state index is 0.394. The van der Waals surface area contributed by atoms with Gasteiger partial charge in [-0.1, -0.05) is 41.5 Å². The number of methoxy groups -OCH3 is 2. The molecule has 4 nitrogen and oxygen atoms in total. The Morgan fingerprint density at radius 2 is 0.765 bits per heavy atom. The molecule has 184 valence electrons. The minimum atomic E-state index is -0.457. The molecule has 0 atom stereocenters. The Hall–Kier alpha value is -2.62. The molecule has 0 N–H and O–H groups in total. The molecule has 0 radical (unpaired) electrons. The highest BCUT2D eigenvalue weighted by molar-refractivity contribution is 6.06. The van der Waals surface area contributed by atoms with Crippen LogP contribution in [-0.4, -0.2) is 26.2 Å². The Morgan fingerprint density at radius 1 is 0.500 bits per heavy atom. The second-order valence-electron chi connectivity index (χ2n) is 8.99. The maximum Gasteiger partial charge on any atom is 0.339 e. The van der Waals surface area contributed by atoms with E-state index in [1.165, 1.54) is 58.7 Å². The first-order valence-corrected chi connectivity index (χ1v) is 12.9. The van der Waals surface area contributed by atoms with Crippen molar-refractivity contribution in [1.29, 1.82) is 0 Å². The second-order valence-corrected chi connectivity index (χ2v) is 8.99. The minimum Gasteiger partial charge on any atom is -0.465 e. The molecular weight excluding hydrogens is 424 g/mol. The van der Waals surface area contributed by atoms with E-state index < -0.39 is 11.9 Å². The van der Waals surface area contributed by atoms with Gasteiger partial charge in [0.15, 0.2) is 0 Å². The van der Waals surface area contributed by atoms with Gasteiger partial charge in [0.1, 0.15) is 0 Å². The van der Waals surface area contributed by atoms with Gasteiger partial charge in [-0.05, 0) is 107 Å². The number of ether oxygens (including phenoxy) is 2. The van der Waals surface area contributed by atoms with E-state index in [1.54, 1.807) is 0 Å². The molecule has 0 fully saturated rings. The summed E-state index contributed by atoms with van der Waals surface area (Å²) in [6.45, 7) is 13.2. The van der Waals surface area contributed by atoms with E-state index in [1.807, 2.05) is 0 Å². The van der Waals surface area contributed by atoms with Crippen LogP contribution in [0.3, 0.4) is 0 Å². The Kier molecular flexibility index (Phi) is 8.22. The number of fused-ring (bicyclic) bond motifs is 2. The van der Waals surface area contributed by atoms with Crippen molar-refractivity contribution in [2.24, 2.45) is 0 Å². The van der Waals surface area contributed by atoms with Crippen molar-refractivity contribution in [3.63, 3.8) is 0 Å². The maximum absolute atomic E-state index is 13.0. The molecule has 4 heteroatoms. The van der Waals surface area contributed by atoms with Gasteiger partial charge in [0.2, 0.25) is 0 Å². The van der Waals surface area contributed by atoms with Crippen molar-refractivity contribution in [3.8, 4) is 0 Å². The highest BCUT2D eigenvalue weighted by atomic mass is 16.5. The number of hydrogen-bond donors (Lipinski definition) is 0. The molecular formula is C30H40O4. The molecule has 0 spiro atoms. The van der Waals surface area contributed by atoms with Crippen LogP contribution < -0.4 is 0 Å². The maximum atomic E-state index is 13.0. The molecule has 1 aliphatic rings. The van der Waals surface area contributed by atoms with Gasteiger partial charge >= 0.3 is 11.9 Å². The molecule has 0 aliphatic heterocycles. The van der Waals surface area contributed by atoms with Crippen LogP contribution in [0.25, 0.3) is 0 Å². The van der Waals surface area contributed by atoms with Gasteiger partial charge in [0.25, 0.3) is 0 Å². The molecule has 1 aliphatic carbocycles. The van der Waals surface area contributed by atoms with Crippen LogP contribution in [0, 0.1) is 0 Å². The van der Waals surface area contributed by atoms with Gasteiger partial charge in [-0.15, -0.1) is 0 Å². The first-order valence-electron chi connectivity index (χ1n) is 12.9. The lowest BCUT2D eigenvalue weighted by atomic mass is 9.71. The summed E-state index contributed by atoms with van der Waals surface area (Å²) >= 11 is 0. The van der Waals surface area contributed by atoms with E-state index in [-0.39, 0.29) is 0 Å². The van der Waals surface area contributed by atoms with E-state index in [0.717, 1.165) is 49.7 Å². The number of esters is 2. The summed E-state index contributed by atoms with van der Waals surface area (Å²) in [6.07, 6.45) is 7.01. The van der Waals surface area contributed by atoms with Crippen molar-refractivity contribution >= 4 is 11.9 Å². The molecule has 2 aromatic carbocycles. The summed E-state index contributed by atoms with van der Waals surface area (Å²) in [5, 5.41) is 0. The predicted octanol–water partition coefficient (Wildman–Crippen LogP) is 6.13. The molecule has 0 unspecified atom stereocenters. The quantitative estimate of drug-likeness (QED) is 0.376. The van der Waals surface area contributed by atoms with Gasteiger partial charge in [-0.2, -0.15) is 0 Å². The van der Waals surface area contributed by atoms with E-state index in [2.05, 4.69) is 41.5 Å². The number of hydrogen-bond acceptors (Lipinski definition) is 4. The molecule has 0 bridgehead atoms. The molecule has 0 saturated carbocycles. The number of carbonyl (C=O) groups is 2. The van der Waals surface area contributed by atoms with Crippen molar-refractivity contribution in [2.45, 2.75) is 92.9 Å². The van der Waals surface area contributed by atoms with E-state index >= 15 is 0 Å². The normalized spacial score (nSPS) is 12.2. The summed E-state index contributed by atoms with van der Waals surface area (Å²) in [6, 6.07) is 0. The smallest absolute Gasteiger partial charge is 0.339 e. The fourth-order valence-corrected chi connectivity index (χ4v) is 6.41. The van der Waals surface area contributed by atoms with Gasteiger partial charge in [-0.3, -0.25) is 0 Å². The molecule has 34 heavy (non-hydrogen) atoms. The van der Waals surface area contributed by atoms with Gasteiger partial charge in [-0.25, -0.2) is 9.59 Å². The van der Waals surface area contributed by atoms with E-state index in [9.17, 15) is 9.59 Å². The topological polar surface area (TPSA) is 52.6 Å². The third-order valence-corrected chi connectivity index (χ3v) is 7.74. The molecule has 0 heterocycles. The largest absolute Gasteiger partial charge is 0.465 e. The second kappa shape index (κ2) is 10.8. The highest BCUT2D eigenvalue weighted by Crippen LogP contribution is 2.42. The number of benzene rings is 2. The summed E-state index contributed by atoms with van der Waals surface area (Å²) in [7, 11) is 2.76. The highest BCUT2D eigenvalue weighted by Gasteiger charge is 2.34. The third kappa shape index (κ3) is 3.95. The summed E-state index contributed by atoms with van der Waals surface area (Å²) in [4.78, 5) is 26.0. The Morgan fingerprint density at radius 3 is 1.00 bits per heavy atom. The van der Waals surface area contributed by atoms with Crippen molar-refractivity contribution in [1.82, 2.24) is 0 Å². The summed E-state index contributed by atoms with van der Waals surface area (Å²) in [5.74, 6) is -0.915. The first kappa shape index (κ1) is 26.0. The van der Waals surface area contributed by atoms with Crippen molar-refractivity contribution in [2.75, 3.05) is 14.2 Å². The monoisotopic (exact) mass is 464 g/mol. The van der Waals surface area contributed by atoms with Crippen LogP contribution in [-0.2, 0) is 60.8 Å². The average molecular weight is 465 g/mol. The van der Waals surface area contributed by atoms with E-state index in [4.69, 9.17) is 9.47 Å². The third-order valence-electron chi connectivity index (χ3n) is 7.74. The van der Waals surface area contributed by atoms with Gasteiger partial charge in [0.05, 0.1) is 25.3 Å². The van der Waals surface area contributed by atoms with Gasteiger partial charge < -0.3 is 9.47 Å². The standard InChI is InChI=1S/C30H40O4/c1-9-17-18(10-2)20(12-4)24-16-26-22(14-6)28(30(32)34-8)27(29(31)33-7)21(13-5)25(26)15-23(24)19(17)11-3/h9-16H2,1-8H3. The fourth-order valence-electron chi connectivity index (χ4n) is 6.41. The Bertz CT molecular complexity index is 1040. The molecule has 3 rings (SSSR count). The lowest BCUT2D eigenvalue weighted by Gasteiger charge is -2.33. The van der Waals surface area contributed by atoms with Gasteiger partial charge in [0, 0.05) is 0 Å². The van der Waals surface area contributed by atoms with Crippen LogP contribution in [0.2, 0.25) is 0 Å². The Labute approximate surface area is 205 Å². The van der Waals surface area contributed by atoms with E-state index in [0.29, 0.717) is 24.0 Å². The Balaban J connectivity index is 2.48. The number of rotatable bonds is 8. The lowest BCUT2D eigenvalue weighted by Crippen LogP contribution is -2.25.